The summed E-state index contributed by atoms with van der Waals surface area (Å²) in [5.74, 6) is -0.478. The fourth-order valence-electron chi connectivity index (χ4n) is 2.12. The Morgan fingerprint density at radius 2 is 1.71 bits per heavy atom. The number of carbonyl (C=O) groups is 1. The van der Waals surface area contributed by atoms with Crippen molar-refractivity contribution in [3.05, 3.63) is 57.6 Å². The zero-order valence-corrected chi connectivity index (χ0v) is 15.4. The van der Waals surface area contributed by atoms with E-state index in [0.29, 0.717) is 5.69 Å². The van der Waals surface area contributed by atoms with Crippen molar-refractivity contribution in [1.82, 2.24) is 4.72 Å². The van der Waals surface area contributed by atoms with Crippen LogP contribution in [0.4, 0.5) is 5.69 Å². The minimum atomic E-state index is -3.95. The molecule has 0 spiro atoms. The van der Waals surface area contributed by atoms with Crippen molar-refractivity contribution in [1.29, 1.82) is 0 Å². The van der Waals surface area contributed by atoms with Crippen LogP contribution in [-0.4, -0.2) is 20.9 Å². The lowest BCUT2D eigenvalue weighted by Gasteiger charge is -2.12. The average molecular weight is 387 g/mol. The standard InChI is InChI=1S/C16H16Cl2N2O3S/c1-10-4-3-5-11(2)16(10)20-15(21)9-19-24(22,23)14-8-12(17)6-7-13(14)18/h3-8,19H,9H2,1-2H3,(H,20,21). The summed E-state index contributed by atoms with van der Waals surface area (Å²) >= 11 is 11.7. The molecule has 24 heavy (non-hydrogen) atoms. The summed E-state index contributed by atoms with van der Waals surface area (Å²) in [6.45, 7) is 3.30. The number of amides is 1. The third kappa shape index (κ3) is 4.48. The molecule has 0 saturated heterocycles. The largest absolute Gasteiger partial charge is 0.324 e. The highest BCUT2D eigenvalue weighted by molar-refractivity contribution is 7.89. The van der Waals surface area contributed by atoms with Gasteiger partial charge in [-0.2, -0.15) is 0 Å². The van der Waals surface area contributed by atoms with E-state index in [4.69, 9.17) is 23.2 Å². The Morgan fingerprint density at radius 3 is 2.33 bits per heavy atom. The summed E-state index contributed by atoms with van der Waals surface area (Å²) in [5.41, 5.74) is 2.45. The molecule has 0 saturated carbocycles. The molecule has 0 bridgehead atoms. The first-order valence-electron chi connectivity index (χ1n) is 7.01. The molecule has 2 rings (SSSR count). The third-order valence-corrected chi connectivity index (χ3v) is 5.47. The van der Waals surface area contributed by atoms with E-state index in [2.05, 4.69) is 10.0 Å². The Bertz CT molecular complexity index is 863. The minimum absolute atomic E-state index is 0.0297. The van der Waals surface area contributed by atoms with Crippen LogP contribution < -0.4 is 10.0 Å². The van der Waals surface area contributed by atoms with E-state index >= 15 is 0 Å². The lowest BCUT2D eigenvalue weighted by Crippen LogP contribution is -2.33. The molecular formula is C16H16Cl2N2O3S. The molecular weight excluding hydrogens is 371 g/mol. The zero-order chi connectivity index (χ0) is 17.9. The monoisotopic (exact) mass is 386 g/mol. The number of anilines is 1. The highest BCUT2D eigenvalue weighted by Crippen LogP contribution is 2.24. The van der Waals surface area contributed by atoms with Crippen LogP contribution >= 0.6 is 23.2 Å². The summed E-state index contributed by atoms with van der Waals surface area (Å²) in [7, 11) is -3.95. The van der Waals surface area contributed by atoms with Crippen molar-refractivity contribution in [3.8, 4) is 0 Å². The molecule has 0 aliphatic carbocycles. The fourth-order valence-corrected chi connectivity index (χ4v) is 3.86. The van der Waals surface area contributed by atoms with Gasteiger partial charge in [-0.25, -0.2) is 13.1 Å². The first-order valence-corrected chi connectivity index (χ1v) is 9.25. The Kier molecular flexibility index (Phi) is 5.87. The second-order valence-corrected chi connectivity index (χ2v) is 7.79. The number of aryl methyl sites for hydroxylation is 2. The van der Waals surface area contributed by atoms with Gasteiger partial charge in [0.1, 0.15) is 4.90 Å². The van der Waals surface area contributed by atoms with Crippen molar-refractivity contribution in [2.45, 2.75) is 18.7 Å². The Labute approximate surface area is 151 Å². The lowest BCUT2D eigenvalue weighted by molar-refractivity contribution is -0.115. The molecule has 8 heteroatoms. The maximum absolute atomic E-state index is 12.3. The van der Waals surface area contributed by atoms with Gasteiger partial charge < -0.3 is 5.32 Å². The second kappa shape index (κ2) is 7.53. The number of rotatable bonds is 5. The number of carbonyl (C=O) groups excluding carboxylic acids is 1. The van der Waals surface area contributed by atoms with E-state index in [0.717, 1.165) is 11.1 Å². The van der Waals surface area contributed by atoms with Crippen molar-refractivity contribution < 1.29 is 13.2 Å². The van der Waals surface area contributed by atoms with E-state index in [1.165, 1.54) is 18.2 Å². The summed E-state index contributed by atoms with van der Waals surface area (Å²) in [6.07, 6.45) is 0. The molecule has 0 fully saturated rings. The van der Waals surface area contributed by atoms with Gasteiger partial charge in [0.05, 0.1) is 11.6 Å². The molecule has 2 aromatic rings. The van der Waals surface area contributed by atoms with Crippen molar-refractivity contribution in [2.24, 2.45) is 0 Å². The molecule has 0 aliphatic rings. The SMILES string of the molecule is Cc1cccc(C)c1NC(=O)CNS(=O)(=O)c1cc(Cl)ccc1Cl. The summed E-state index contributed by atoms with van der Waals surface area (Å²) < 4.78 is 26.7. The highest BCUT2D eigenvalue weighted by atomic mass is 35.5. The molecule has 0 atom stereocenters. The van der Waals surface area contributed by atoms with Crippen LogP contribution in [0.3, 0.4) is 0 Å². The van der Waals surface area contributed by atoms with Crippen LogP contribution in [0.1, 0.15) is 11.1 Å². The second-order valence-electron chi connectivity index (χ2n) is 5.21. The van der Waals surface area contributed by atoms with Crippen molar-refractivity contribution in [3.63, 3.8) is 0 Å². The van der Waals surface area contributed by atoms with Gasteiger partial charge in [0.2, 0.25) is 15.9 Å². The van der Waals surface area contributed by atoms with Crippen LogP contribution in [-0.2, 0) is 14.8 Å². The number of sulfonamides is 1. The first kappa shape index (κ1) is 18.7. The van der Waals surface area contributed by atoms with Gasteiger partial charge in [0.15, 0.2) is 0 Å². The molecule has 0 aliphatic heterocycles. The molecule has 0 unspecified atom stereocenters. The topological polar surface area (TPSA) is 75.3 Å². The van der Waals surface area contributed by atoms with Gasteiger partial charge >= 0.3 is 0 Å². The summed E-state index contributed by atoms with van der Waals surface area (Å²) in [5, 5.41) is 2.97. The molecule has 1 amide bonds. The maximum atomic E-state index is 12.3. The third-order valence-electron chi connectivity index (χ3n) is 3.35. The van der Waals surface area contributed by atoms with Gasteiger partial charge in [0.25, 0.3) is 0 Å². The highest BCUT2D eigenvalue weighted by Gasteiger charge is 2.19. The van der Waals surface area contributed by atoms with E-state index in [1.54, 1.807) is 0 Å². The normalized spacial score (nSPS) is 11.3. The quantitative estimate of drug-likeness (QED) is 0.824. The van der Waals surface area contributed by atoms with Crippen molar-refractivity contribution in [2.75, 3.05) is 11.9 Å². The van der Waals surface area contributed by atoms with E-state index in [-0.39, 0.29) is 14.9 Å². The average Bonchev–Trinajstić information content (AvgIpc) is 2.51. The number of hydrogen-bond acceptors (Lipinski definition) is 3. The summed E-state index contributed by atoms with van der Waals surface area (Å²) in [4.78, 5) is 11.9. The van der Waals surface area contributed by atoms with Gasteiger partial charge in [-0.1, -0.05) is 41.4 Å². The predicted molar refractivity (Wildman–Crippen MR) is 96.2 cm³/mol. The molecule has 0 heterocycles. The van der Waals surface area contributed by atoms with Gasteiger partial charge in [-0.15, -0.1) is 0 Å². The number of para-hydroxylation sites is 1. The molecule has 2 N–H and O–H groups in total. The van der Waals surface area contributed by atoms with Crippen LogP contribution in [0.5, 0.6) is 0 Å². The molecule has 0 aromatic heterocycles. The molecule has 2 aromatic carbocycles. The minimum Gasteiger partial charge on any atom is -0.324 e. The van der Waals surface area contributed by atoms with Crippen molar-refractivity contribution >= 4 is 44.8 Å². The zero-order valence-electron chi connectivity index (χ0n) is 13.1. The van der Waals surface area contributed by atoms with Gasteiger partial charge in [0, 0.05) is 10.7 Å². The smallest absolute Gasteiger partial charge is 0.242 e. The first-order chi connectivity index (χ1) is 11.2. The Hall–Kier alpha value is -1.60. The molecule has 128 valence electrons. The van der Waals surface area contributed by atoms with Gasteiger partial charge in [-0.3, -0.25) is 4.79 Å². The number of hydrogen-bond donors (Lipinski definition) is 2. The van der Waals surface area contributed by atoms with Crippen LogP contribution in [0.25, 0.3) is 0 Å². The van der Waals surface area contributed by atoms with Gasteiger partial charge in [-0.05, 0) is 43.2 Å². The van der Waals surface area contributed by atoms with E-state index in [9.17, 15) is 13.2 Å². The Balaban J connectivity index is 2.09. The molecule has 5 nitrogen and oxygen atoms in total. The number of nitrogens with one attached hydrogen (secondary N) is 2. The Morgan fingerprint density at radius 1 is 1.08 bits per heavy atom. The molecule has 0 radical (unpaired) electrons. The van der Waals surface area contributed by atoms with E-state index in [1.807, 2.05) is 32.0 Å². The predicted octanol–water partition coefficient (Wildman–Crippen LogP) is 3.53. The maximum Gasteiger partial charge on any atom is 0.242 e. The number of benzene rings is 2. The van der Waals surface area contributed by atoms with Crippen LogP contribution in [0.2, 0.25) is 10.0 Å². The fraction of sp³-hybridized carbons (Fsp3) is 0.188. The van der Waals surface area contributed by atoms with E-state index < -0.39 is 22.5 Å². The number of halogens is 2. The summed E-state index contributed by atoms with van der Waals surface area (Å²) in [6, 6.07) is 9.70. The van der Waals surface area contributed by atoms with Crippen LogP contribution in [0, 0.1) is 13.8 Å². The van der Waals surface area contributed by atoms with Crippen LogP contribution in [0.15, 0.2) is 41.3 Å². The lowest BCUT2D eigenvalue weighted by atomic mass is 10.1.